The Morgan fingerprint density at radius 2 is 0.159 bits per heavy atom. The van der Waals surface area contributed by atoms with E-state index < -0.39 is 126 Å². The molecule has 0 spiro atoms. The van der Waals surface area contributed by atoms with Gasteiger partial charge in [-0.3, -0.25) is 28.2 Å². The first-order chi connectivity index (χ1) is 55.8. The van der Waals surface area contributed by atoms with E-state index in [1.807, 2.05) is 0 Å². The van der Waals surface area contributed by atoms with E-state index in [4.69, 9.17) is 58.7 Å². The Balaban J connectivity index is -0.000000110. The summed E-state index contributed by atoms with van der Waals surface area (Å²) in [5.41, 5.74) is 0. The fourth-order valence-corrected chi connectivity index (χ4v) is 7.40. The molecular weight excluding hydrogens is 2610 g/mol. The fraction of sp³-hybridized carbons (Fsp3) is 0. The van der Waals surface area contributed by atoms with Crippen LogP contribution in [-0.2, 0) is 170 Å². The summed E-state index contributed by atoms with van der Waals surface area (Å²) < 4.78 is 300. The van der Waals surface area contributed by atoms with Crippen molar-refractivity contribution in [2.75, 3.05) is 0 Å². The summed E-state index contributed by atoms with van der Waals surface area (Å²) in [5, 5.41) is 0. The van der Waals surface area contributed by atoms with Gasteiger partial charge in [-0.1, -0.05) is 0 Å². The van der Waals surface area contributed by atoms with Crippen molar-refractivity contribution in [3.05, 3.63) is 361 Å². The molecule has 54 heteroatoms. The van der Waals surface area contributed by atoms with Crippen molar-refractivity contribution in [2.45, 2.75) is 58.7 Å². The van der Waals surface area contributed by atoms with E-state index in [1.165, 1.54) is 146 Å². The molecule has 0 amide bonds. The predicted octanol–water partition coefficient (Wildman–Crippen LogP) is -2.00. The molecule has 12 rings (SSSR count). The zero-order valence-electron chi connectivity index (χ0n) is 62.7. The standard InChI is InChI=1S/12C6H5FS.6FH.18O.6Sb/c12*7-5-1-3-6(8)4-2-5;;;;;;;;;;;;;;;;;;;;;;;;;;;;;;/h12*1-4,8H;6*1H;;;;;;;;;;;;;;;;;;;;;;;;/q;;;;;;;;;;;;;;;;;;;;;;;;12*-1;;;;;;/p+12. The molecule has 0 aliphatic heterocycles. The Kier molecular flexibility index (Phi) is 115. The van der Waals surface area contributed by atoms with Crippen molar-refractivity contribution in [1.29, 1.82) is 0 Å². The minimum absolute atomic E-state index is 0. The number of halogens is 18. The molecule has 0 bridgehead atoms. The van der Waals surface area contributed by atoms with Crippen molar-refractivity contribution in [2.24, 2.45) is 0 Å². The Labute approximate surface area is 826 Å². The minimum atomic E-state index is -4.20. The fourth-order valence-electron chi connectivity index (χ4n) is 5.40. The Hall–Kier alpha value is -3.19. The van der Waals surface area contributed by atoms with Gasteiger partial charge in [0.15, 0.2) is 58.7 Å². The van der Waals surface area contributed by atoms with Crippen LogP contribution in [0.4, 0.5) is 80.9 Å². The molecule has 0 atom stereocenters. The molecule has 126 heavy (non-hydrogen) atoms. The van der Waals surface area contributed by atoms with Crippen molar-refractivity contribution in [3.63, 3.8) is 0 Å². The molecule has 0 saturated carbocycles. The molecule has 12 aromatic carbocycles. The number of hydrogen-bond donors (Lipinski definition) is 0. The van der Waals surface area contributed by atoms with E-state index in [0.717, 1.165) is 58.7 Å². The zero-order chi connectivity index (χ0) is 93.3. The second-order valence-corrected chi connectivity index (χ2v) is 34.0. The second-order valence-electron chi connectivity index (χ2n) is 19.4. The maximum atomic E-state index is 12.1. The van der Waals surface area contributed by atoms with Crippen LogP contribution in [0.25, 0.3) is 0 Å². The zero-order valence-corrected chi connectivity index (χ0v) is 90.0. The number of hydrogen-bond acceptors (Lipinski definition) is 18. The summed E-state index contributed by atoms with van der Waals surface area (Å²) in [6, 6.07) is 73.5. The molecule has 6 radical (unpaired) electrons. The molecule has 18 nitrogen and oxygen atoms in total. The van der Waals surface area contributed by atoms with E-state index in [2.05, 4.69) is 152 Å². The van der Waals surface area contributed by atoms with Gasteiger partial charge in [-0.25, -0.2) is 52.7 Å². The molecule has 0 saturated heterocycles. The van der Waals surface area contributed by atoms with Gasteiger partial charge in [-0.2, -0.15) is 0 Å². The molecule has 0 heterocycles. The second kappa shape index (κ2) is 97.8. The van der Waals surface area contributed by atoms with Gasteiger partial charge in [0.05, 0.1) is 0 Å². The van der Waals surface area contributed by atoms with Gasteiger partial charge in [-0.15, -0.1) is 0 Å². The summed E-state index contributed by atoms with van der Waals surface area (Å²) in [6.45, 7) is 0. The normalized spacial score (nSPS) is 8.29. The van der Waals surface area contributed by atoms with E-state index in [-0.39, 0.29) is 98.0 Å². The third kappa shape index (κ3) is 127. The average Bonchev–Trinajstić information content (AvgIpc) is 1.06. The van der Waals surface area contributed by atoms with Crippen molar-refractivity contribution >= 4 is 278 Å². The van der Waals surface area contributed by atoms with Gasteiger partial charge < -0.3 is 0 Å². The number of benzene rings is 12. The summed E-state index contributed by atoms with van der Waals surface area (Å²) in [5.74, 6) is -2.42. The van der Waals surface area contributed by atoms with Crippen LogP contribution in [0.3, 0.4) is 0 Å². The first-order valence-electron chi connectivity index (χ1n) is 30.4. The first-order valence-corrected chi connectivity index (χ1v) is 55.2. The molecule has 0 aromatic heterocycles. The summed E-state index contributed by atoms with van der Waals surface area (Å²) in [7, 11) is 0. The van der Waals surface area contributed by atoms with E-state index >= 15 is 0 Å². The topological polar surface area (TPSA) is 379 Å². The van der Waals surface area contributed by atoms with Crippen LogP contribution in [0.5, 0.6) is 0 Å². The number of rotatable bonds is 0. The molecule has 12 aromatic rings. The predicted molar refractivity (Wildman–Crippen MR) is 472 cm³/mol. The van der Waals surface area contributed by atoms with Crippen LogP contribution < -0.4 is 40.6 Å². The van der Waals surface area contributed by atoms with Crippen molar-refractivity contribution < 1.29 is 140 Å². The Morgan fingerprint density at radius 3 is 0.183 bits per heavy atom. The summed E-state index contributed by atoms with van der Waals surface area (Å²) >= 11 is 13.5. The molecule has 702 valence electrons. The van der Waals surface area contributed by atoms with Crippen LogP contribution in [0.2, 0.25) is 0 Å². The summed E-state index contributed by atoms with van der Waals surface area (Å²) in [4.78, 5) is 10.7. The maximum absolute atomic E-state index is 12.1. The van der Waals surface area contributed by atoms with E-state index in [9.17, 15) is 52.7 Å². The van der Waals surface area contributed by atoms with E-state index in [0.29, 0.717) is 0 Å². The SMILES string of the molecule is F.F.F.F.F.F.Fc1ccc([SH2+])cc1.Fc1ccc([SH2+])cc1.Fc1ccc([SH2+])cc1.Fc1ccc([SH2+])cc1.Fc1ccc([SH2+])cc1.Fc1ccc([SH2+])cc1.Fc1ccc([SH2+])cc1.Fc1ccc([SH2+])cc1.Fc1ccc([SH2+])cc1.Fc1ccc([SH2+])cc1.Fc1ccc([SH2+])cc1.Fc1ccc([SH2+])cc1.[O]=[Sb]([O-])[O-].[O]=[Sb]([O-])[O-].[O]=[Sb]([O-])[O-].[O]=[Sb]([O-])[O-].[O]=[Sb]([O-])[O-].[O]=[Sb]([O-])[O-]. The van der Waals surface area contributed by atoms with Crippen LogP contribution in [0.1, 0.15) is 0 Å². The molecule has 0 aliphatic rings. The molecule has 0 fully saturated rings. The van der Waals surface area contributed by atoms with Gasteiger partial charge in [0.1, 0.15) is 69.8 Å². The van der Waals surface area contributed by atoms with Gasteiger partial charge in [0.2, 0.25) is 0 Å². The van der Waals surface area contributed by atoms with Gasteiger partial charge in [-0.05, 0) is 443 Å². The quantitative estimate of drug-likeness (QED) is 0.0900. The Morgan fingerprint density at radius 1 is 0.127 bits per heavy atom. The van der Waals surface area contributed by atoms with Crippen molar-refractivity contribution in [1.82, 2.24) is 0 Å². The first kappa shape index (κ1) is 148. The monoisotopic (exact) mass is 2680 g/mol. The Bertz CT molecular complexity index is 3380. The third-order valence-electron chi connectivity index (χ3n) is 10.1. The van der Waals surface area contributed by atoms with Gasteiger partial charge in [0.25, 0.3) is 0 Å². The molecule has 0 N–H and O–H groups in total. The van der Waals surface area contributed by atoms with Crippen LogP contribution in [0.15, 0.2) is 350 Å². The van der Waals surface area contributed by atoms with Crippen LogP contribution in [0, 0.1) is 69.8 Å². The van der Waals surface area contributed by atoms with Crippen LogP contribution >= 0.6 is 0 Å². The average molecular weight is 2690 g/mol. The molecule has 0 unspecified atom stereocenters. The third-order valence-corrected chi connectivity index (χ3v) is 14.1. The van der Waals surface area contributed by atoms with Gasteiger partial charge >= 0.3 is 185 Å². The van der Waals surface area contributed by atoms with Crippen molar-refractivity contribution in [3.8, 4) is 0 Å². The molecule has 0 aliphatic carbocycles. The summed E-state index contributed by atoms with van der Waals surface area (Å²) in [6.07, 6.45) is 0. The van der Waals surface area contributed by atoms with Gasteiger partial charge in [0, 0.05) is 0 Å². The molecular formula is C72H78F18O18S12Sb6. The van der Waals surface area contributed by atoms with Crippen LogP contribution in [-0.4, -0.2) is 126 Å². The van der Waals surface area contributed by atoms with E-state index in [1.54, 1.807) is 146 Å².